The van der Waals surface area contributed by atoms with E-state index in [1.54, 1.807) is 38.5 Å². The maximum Gasteiger partial charge on any atom is 0.251 e. The molecule has 0 saturated carbocycles. The van der Waals surface area contributed by atoms with E-state index in [1.807, 2.05) is 18.2 Å². The molecular formula is C22H25N3O5. The minimum Gasteiger partial charge on any atom is -0.493 e. The summed E-state index contributed by atoms with van der Waals surface area (Å²) >= 11 is 0. The Balaban J connectivity index is 1.59. The molecule has 1 fully saturated rings. The van der Waals surface area contributed by atoms with Gasteiger partial charge in [0.15, 0.2) is 11.5 Å². The Bertz CT molecular complexity index is 942. The molecule has 0 bridgehead atoms. The predicted octanol–water partition coefficient (Wildman–Crippen LogP) is 2.13. The Morgan fingerprint density at radius 3 is 2.40 bits per heavy atom. The molecule has 1 atom stereocenters. The maximum atomic E-state index is 12.7. The molecule has 0 radical (unpaired) electrons. The summed E-state index contributed by atoms with van der Waals surface area (Å²) in [6.07, 6.45) is 0.780. The van der Waals surface area contributed by atoms with Crippen molar-refractivity contribution in [1.82, 2.24) is 5.32 Å². The fraction of sp³-hybridized carbons (Fsp3) is 0.318. The molecule has 158 valence electrons. The molecule has 8 nitrogen and oxygen atoms in total. The fourth-order valence-corrected chi connectivity index (χ4v) is 3.39. The number of carbonyl (C=O) groups is 3. The number of amides is 3. The van der Waals surface area contributed by atoms with Crippen molar-refractivity contribution >= 4 is 29.1 Å². The van der Waals surface area contributed by atoms with Crippen LogP contribution < -0.4 is 25.0 Å². The zero-order valence-corrected chi connectivity index (χ0v) is 17.2. The lowest BCUT2D eigenvalue weighted by molar-refractivity contribution is -0.121. The highest BCUT2D eigenvalue weighted by Crippen LogP contribution is 2.28. The van der Waals surface area contributed by atoms with E-state index >= 15 is 0 Å². The van der Waals surface area contributed by atoms with Gasteiger partial charge in [0.2, 0.25) is 11.8 Å². The van der Waals surface area contributed by atoms with Crippen LogP contribution in [0.25, 0.3) is 0 Å². The first kappa shape index (κ1) is 21.3. The van der Waals surface area contributed by atoms with Crippen LogP contribution in [0.4, 0.5) is 11.4 Å². The molecule has 1 saturated heterocycles. The molecule has 30 heavy (non-hydrogen) atoms. The molecule has 0 aromatic heterocycles. The summed E-state index contributed by atoms with van der Waals surface area (Å²) in [5.74, 6) is 0.590. The van der Waals surface area contributed by atoms with Crippen LogP contribution in [0.5, 0.6) is 11.5 Å². The Hall–Kier alpha value is -3.39. The average molecular weight is 411 g/mol. The molecule has 2 N–H and O–H groups in total. The van der Waals surface area contributed by atoms with Gasteiger partial charge in [-0.1, -0.05) is 6.07 Å². The van der Waals surface area contributed by atoms with E-state index in [1.165, 1.54) is 11.8 Å². The number of imide groups is 1. The normalized spacial score (nSPS) is 16.0. The van der Waals surface area contributed by atoms with Gasteiger partial charge in [0.1, 0.15) is 0 Å². The molecule has 3 amide bonds. The zero-order valence-electron chi connectivity index (χ0n) is 17.2. The molecule has 2 aromatic rings. The van der Waals surface area contributed by atoms with E-state index in [2.05, 4.69) is 10.6 Å². The van der Waals surface area contributed by atoms with Crippen molar-refractivity contribution in [3.8, 4) is 11.5 Å². The topological polar surface area (TPSA) is 97.0 Å². The van der Waals surface area contributed by atoms with Crippen molar-refractivity contribution in [2.75, 3.05) is 31.0 Å². The van der Waals surface area contributed by atoms with Crippen LogP contribution in [0.3, 0.4) is 0 Å². The molecule has 0 unspecified atom stereocenters. The first-order valence-electron chi connectivity index (χ1n) is 9.61. The Labute approximate surface area is 175 Å². The van der Waals surface area contributed by atoms with Crippen LogP contribution in [0.1, 0.15) is 18.9 Å². The number of anilines is 2. The van der Waals surface area contributed by atoms with Gasteiger partial charge in [0.05, 0.1) is 32.4 Å². The number of rotatable bonds is 8. The first-order chi connectivity index (χ1) is 14.4. The van der Waals surface area contributed by atoms with Gasteiger partial charge in [-0.25, -0.2) is 4.90 Å². The van der Waals surface area contributed by atoms with Gasteiger partial charge < -0.3 is 20.1 Å². The third-order valence-electron chi connectivity index (χ3n) is 4.84. The maximum absolute atomic E-state index is 12.7. The van der Waals surface area contributed by atoms with Crippen molar-refractivity contribution in [3.63, 3.8) is 0 Å². The lowest BCUT2D eigenvalue weighted by atomic mass is 10.1. The molecular weight excluding hydrogens is 386 g/mol. The van der Waals surface area contributed by atoms with Crippen molar-refractivity contribution in [2.45, 2.75) is 25.8 Å². The van der Waals surface area contributed by atoms with Crippen LogP contribution in [-0.2, 0) is 20.8 Å². The molecule has 0 spiro atoms. The highest BCUT2D eigenvalue weighted by atomic mass is 16.5. The van der Waals surface area contributed by atoms with Crippen LogP contribution in [0.2, 0.25) is 0 Å². The van der Waals surface area contributed by atoms with Crippen LogP contribution >= 0.6 is 0 Å². The summed E-state index contributed by atoms with van der Waals surface area (Å²) < 4.78 is 10.5. The minimum absolute atomic E-state index is 0.109. The quantitative estimate of drug-likeness (QED) is 0.646. The van der Waals surface area contributed by atoms with Gasteiger partial charge >= 0.3 is 0 Å². The monoisotopic (exact) mass is 411 g/mol. The number of nitrogens with zero attached hydrogens (tertiary/aromatic N) is 1. The Morgan fingerprint density at radius 2 is 1.77 bits per heavy atom. The third kappa shape index (κ3) is 4.77. The summed E-state index contributed by atoms with van der Waals surface area (Å²) in [5.41, 5.74) is 2.13. The predicted molar refractivity (Wildman–Crippen MR) is 113 cm³/mol. The van der Waals surface area contributed by atoms with E-state index in [-0.39, 0.29) is 24.1 Å². The molecule has 1 aliphatic heterocycles. The summed E-state index contributed by atoms with van der Waals surface area (Å²) in [5, 5.41) is 5.83. The SMILES string of the molecule is COc1ccc(CCN[C@@H]2CC(=O)N(c3ccc(NC(C)=O)cc3)C2=O)cc1OC. The van der Waals surface area contributed by atoms with E-state index in [0.29, 0.717) is 35.8 Å². The summed E-state index contributed by atoms with van der Waals surface area (Å²) in [6, 6.07) is 11.7. The smallest absolute Gasteiger partial charge is 0.251 e. The number of ether oxygens (including phenoxy) is 2. The summed E-state index contributed by atoms with van der Waals surface area (Å²) in [4.78, 5) is 37.5. The molecule has 3 rings (SSSR count). The van der Waals surface area contributed by atoms with Crippen molar-refractivity contribution < 1.29 is 23.9 Å². The lowest BCUT2D eigenvalue weighted by Crippen LogP contribution is -2.39. The zero-order chi connectivity index (χ0) is 21.7. The molecule has 8 heteroatoms. The number of carbonyl (C=O) groups excluding carboxylic acids is 3. The standard InChI is InChI=1S/C22H25N3O5/c1-14(26)24-16-5-7-17(8-6-16)25-21(27)13-18(22(25)28)23-11-10-15-4-9-19(29-2)20(12-15)30-3/h4-9,12,18,23H,10-11,13H2,1-3H3,(H,24,26)/t18-/m1/s1. The van der Waals surface area contributed by atoms with E-state index in [9.17, 15) is 14.4 Å². The third-order valence-corrected chi connectivity index (χ3v) is 4.84. The second kappa shape index (κ2) is 9.41. The van der Waals surface area contributed by atoms with Gasteiger partial charge in [0.25, 0.3) is 5.91 Å². The highest BCUT2D eigenvalue weighted by Gasteiger charge is 2.39. The number of nitrogens with one attached hydrogen (secondary N) is 2. The van der Waals surface area contributed by atoms with Gasteiger partial charge in [-0.15, -0.1) is 0 Å². The van der Waals surface area contributed by atoms with Crippen molar-refractivity contribution in [3.05, 3.63) is 48.0 Å². The van der Waals surface area contributed by atoms with Crippen molar-refractivity contribution in [1.29, 1.82) is 0 Å². The summed E-state index contributed by atoms with van der Waals surface area (Å²) in [6.45, 7) is 1.95. The fourth-order valence-electron chi connectivity index (χ4n) is 3.39. The van der Waals surface area contributed by atoms with E-state index < -0.39 is 6.04 Å². The van der Waals surface area contributed by atoms with Crippen molar-refractivity contribution in [2.24, 2.45) is 0 Å². The highest BCUT2D eigenvalue weighted by molar-refractivity contribution is 6.22. The first-order valence-corrected chi connectivity index (χ1v) is 9.61. The van der Waals surface area contributed by atoms with Crippen LogP contribution in [0, 0.1) is 0 Å². The second-order valence-corrected chi connectivity index (χ2v) is 6.95. The van der Waals surface area contributed by atoms with Crippen LogP contribution in [0.15, 0.2) is 42.5 Å². The number of methoxy groups -OCH3 is 2. The van der Waals surface area contributed by atoms with Gasteiger partial charge in [-0.3, -0.25) is 14.4 Å². The van der Waals surface area contributed by atoms with Gasteiger partial charge in [0, 0.05) is 12.6 Å². The van der Waals surface area contributed by atoms with Gasteiger partial charge in [-0.2, -0.15) is 0 Å². The molecule has 2 aromatic carbocycles. The average Bonchev–Trinajstić information content (AvgIpc) is 3.01. The molecule has 1 aliphatic rings. The van der Waals surface area contributed by atoms with E-state index in [0.717, 1.165) is 5.56 Å². The summed E-state index contributed by atoms with van der Waals surface area (Å²) in [7, 11) is 3.17. The largest absolute Gasteiger partial charge is 0.493 e. The van der Waals surface area contributed by atoms with Crippen LogP contribution in [-0.4, -0.2) is 44.5 Å². The number of hydrogen-bond acceptors (Lipinski definition) is 6. The molecule has 0 aliphatic carbocycles. The minimum atomic E-state index is -0.562. The Morgan fingerprint density at radius 1 is 1.07 bits per heavy atom. The second-order valence-electron chi connectivity index (χ2n) is 6.95. The Kier molecular flexibility index (Phi) is 6.68. The molecule has 1 heterocycles. The van der Waals surface area contributed by atoms with Gasteiger partial charge in [-0.05, 0) is 54.9 Å². The van der Waals surface area contributed by atoms with E-state index in [4.69, 9.17) is 9.47 Å². The number of hydrogen-bond donors (Lipinski definition) is 2. The number of benzene rings is 2. The lowest BCUT2D eigenvalue weighted by Gasteiger charge is -2.16.